The molecule has 30 heavy (non-hydrogen) atoms. The Labute approximate surface area is 177 Å². The van der Waals surface area contributed by atoms with E-state index in [4.69, 9.17) is 0 Å². The van der Waals surface area contributed by atoms with E-state index < -0.39 is 11.7 Å². The Morgan fingerprint density at radius 2 is 1.50 bits per heavy atom. The van der Waals surface area contributed by atoms with Crippen LogP contribution in [-0.2, 0) is 22.4 Å². The summed E-state index contributed by atoms with van der Waals surface area (Å²) < 4.78 is 0. The number of carbonyl (C=O) groups excluding carboxylic acids is 3. The van der Waals surface area contributed by atoms with Crippen LogP contribution in [0.15, 0.2) is 60.2 Å². The molecule has 0 aliphatic heterocycles. The second kappa shape index (κ2) is 9.21. The van der Waals surface area contributed by atoms with E-state index in [1.54, 1.807) is 30.3 Å². The van der Waals surface area contributed by atoms with Crippen molar-refractivity contribution >= 4 is 23.3 Å². The van der Waals surface area contributed by atoms with Gasteiger partial charge in [0.15, 0.2) is 0 Å². The van der Waals surface area contributed by atoms with Crippen LogP contribution in [0.5, 0.6) is 0 Å². The van der Waals surface area contributed by atoms with Crippen molar-refractivity contribution in [3.63, 3.8) is 0 Å². The van der Waals surface area contributed by atoms with E-state index in [1.165, 1.54) is 5.56 Å². The number of amides is 2. The minimum atomic E-state index is -0.768. The Bertz CT molecular complexity index is 991. The van der Waals surface area contributed by atoms with Gasteiger partial charge < -0.3 is 0 Å². The Morgan fingerprint density at radius 1 is 0.733 bits per heavy atom. The van der Waals surface area contributed by atoms with Gasteiger partial charge in [0, 0.05) is 11.1 Å². The highest BCUT2D eigenvalue weighted by atomic mass is 16.2. The lowest BCUT2D eigenvalue weighted by Gasteiger charge is -2.27. The van der Waals surface area contributed by atoms with Gasteiger partial charge in [-0.2, -0.15) is 0 Å². The van der Waals surface area contributed by atoms with Crippen molar-refractivity contribution < 1.29 is 14.4 Å². The molecule has 0 radical (unpaired) electrons. The van der Waals surface area contributed by atoms with Crippen molar-refractivity contribution in [1.29, 1.82) is 0 Å². The highest BCUT2D eigenvalue weighted by Gasteiger charge is 2.33. The first-order valence-corrected chi connectivity index (χ1v) is 10.9. The Kier molecular flexibility index (Phi) is 6.22. The highest BCUT2D eigenvalue weighted by molar-refractivity contribution is 6.51. The molecule has 2 aliphatic carbocycles. The van der Waals surface area contributed by atoms with E-state index in [0.29, 0.717) is 23.2 Å². The number of fused-ring (bicyclic) bond motifs is 1. The molecular formula is C26H27NO3. The van der Waals surface area contributed by atoms with E-state index in [2.05, 4.69) is 6.07 Å². The summed E-state index contributed by atoms with van der Waals surface area (Å²) in [4.78, 5) is 41.2. The quantitative estimate of drug-likeness (QED) is 0.523. The van der Waals surface area contributed by atoms with Gasteiger partial charge in [0.05, 0.1) is 5.69 Å². The van der Waals surface area contributed by atoms with E-state index in [0.717, 1.165) is 61.8 Å². The fourth-order valence-corrected chi connectivity index (χ4v) is 4.45. The summed E-state index contributed by atoms with van der Waals surface area (Å²) in [5.41, 5.74) is 3.73. The van der Waals surface area contributed by atoms with Crippen LogP contribution in [0, 0.1) is 0 Å². The number of Topliss-reactive ketones (excluding diaryl/α,β-unsaturated/α-hetero) is 1. The second-order valence-electron chi connectivity index (χ2n) is 8.09. The van der Waals surface area contributed by atoms with Crippen molar-refractivity contribution in [1.82, 2.24) is 0 Å². The molecule has 0 N–H and O–H groups in total. The third kappa shape index (κ3) is 4.13. The van der Waals surface area contributed by atoms with E-state index in [1.807, 2.05) is 18.2 Å². The number of hydrogen-bond donors (Lipinski definition) is 0. The molecule has 0 saturated heterocycles. The number of allylic oxidation sites excluding steroid dienone is 1. The first-order chi connectivity index (χ1) is 14.7. The van der Waals surface area contributed by atoms with Crippen molar-refractivity contribution in [2.45, 2.75) is 57.8 Å². The van der Waals surface area contributed by atoms with Gasteiger partial charge >= 0.3 is 5.91 Å². The van der Waals surface area contributed by atoms with Crippen molar-refractivity contribution in [3.05, 3.63) is 76.9 Å². The lowest BCUT2D eigenvalue weighted by atomic mass is 9.89. The maximum Gasteiger partial charge on any atom is 0.306 e. The molecule has 2 amide bonds. The van der Waals surface area contributed by atoms with Gasteiger partial charge in [-0.1, -0.05) is 55.0 Å². The predicted octanol–water partition coefficient (Wildman–Crippen LogP) is 5.20. The molecule has 154 valence electrons. The third-order valence-electron chi connectivity index (χ3n) is 6.06. The smallest absolute Gasteiger partial charge is 0.283 e. The zero-order chi connectivity index (χ0) is 20.9. The minimum absolute atomic E-state index is 0.306. The fourth-order valence-electron chi connectivity index (χ4n) is 4.45. The van der Waals surface area contributed by atoms with Gasteiger partial charge in [0.2, 0.25) is 0 Å². The highest BCUT2D eigenvalue weighted by Crippen LogP contribution is 2.32. The molecular weight excluding hydrogens is 374 g/mol. The maximum absolute atomic E-state index is 13.6. The van der Waals surface area contributed by atoms with Gasteiger partial charge in [0.25, 0.3) is 11.7 Å². The summed E-state index contributed by atoms with van der Waals surface area (Å²) in [7, 11) is 0. The standard InChI is InChI=1S/C26H27NO3/c28-24(20-12-6-3-7-13-20)26(30)27(25(29)21-14-4-1-2-5-15-21)23-18-10-16-19-11-8-9-17-22(19)23/h3,6-7,10,12-14,16,18H,1-2,4-5,8-9,11,15,17H2. The van der Waals surface area contributed by atoms with Crippen molar-refractivity contribution in [3.8, 4) is 0 Å². The van der Waals surface area contributed by atoms with Gasteiger partial charge in [-0.25, -0.2) is 4.90 Å². The molecule has 2 aliphatic rings. The minimum Gasteiger partial charge on any atom is -0.283 e. The predicted molar refractivity (Wildman–Crippen MR) is 118 cm³/mol. The normalized spacial score (nSPS) is 16.1. The van der Waals surface area contributed by atoms with Crippen LogP contribution in [0.4, 0.5) is 5.69 Å². The lowest BCUT2D eigenvalue weighted by Crippen LogP contribution is -2.43. The topological polar surface area (TPSA) is 54.5 Å². The van der Waals surface area contributed by atoms with Crippen LogP contribution in [-0.4, -0.2) is 17.6 Å². The maximum atomic E-state index is 13.6. The summed E-state index contributed by atoms with van der Waals surface area (Å²) in [6, 6.07) is 14.3. The number of hydrogen-bond acceptors (Lipinski definition) is 3. The molecule has 0 saturated carbocycles. The monoisotopic (exact) mass is 401 g/mol. The zero-order valence-electron chi connectivity index (χ0n) is 17.2. The summed E-state index contributed by atoms with van der Waals surface area (Å²) in [5.74, 6) is -1.76. The first kappa shape index (κ1) is 20.3. The molecule has 0 unspecified atom stereocenters. The van der Waals surface area contributed by atoms with Gasteiger partial charge in [0.1, 0.15) is 0 Å². The first-order valence-electron chi connectivity index (χ1n) is 10.9. The van der Waals surface area contributed by atoms with Crippen molar-refractivity contribution in [2.75, 3.05) is 4.90 Å². The van der Waals surface area contributed by atoms with Crippen molar-refractivity contribution in [2.24, 2.45) is 0 Å². The molecule has 4 nitrogen and oxygen atoms in total. The fraction of sp³-hybridized carbons (Fsp3) is 0.346. The Morgan fingerprint density at radius 3 is 2.33 bits per heavy atom. The summed E-state index contributed by atoms with van der Waals surface area (Å²) in [6.07, 6.45) is 10.4. The molecule has 0 heterocycles. The number of rotatable bonds is 4. The molecule has 2 aromatic carbocycles. The number of benzene rings is 2. The molecule has 4 rings (SSSR count). The number of carbonyl (C=O) groups is 3. The molecule has 0 aromatic heterocycles. The Hall–Kier alpha value is -3.01. The number of aryl methyl sites for hydroxylation is 1. The van der Waals surface area contributed by atoms with E-state index in [9.17, 15) is 14.4 Å². The number of imide groups is 1. The Balaban J connectivity index is 1.77. The average molecular weight is 402 g/mol. The molecule has 4 heteroatoms. The third-order valence-corrected chi connectivity index (χ3v) is 6.06. The number of ketones is 1. The number of anilines is 1. The summed E-state index contributed by atoms with van der Waals surface area (Å²) in [5, 5.41) is 0. The summed E-state index contributed by atoms with van der Waals surface area (Å²) in [6.45, 7) is 0. The lowest BCUT2D eigenvalue weighted by molar-refractivity contribution is -0.122. The van der Waals surface area contributed by atoms with Crippen LogP contribution in [0.2, 0.25) is 0 Å². The molecule has 2 aromatic rings. The zero-order valence-corrected chi connectivity index (χ0v) is 17.2. The second-order valence-corrected chi connectivity index (χ2v) is 8.09. The average Bonchev–Trinajstić information content (AvgIpc) is 3.09. The molecule has 0 bridgehead atoms. The van der Waals surface area contributed by atoms with Gasteiger partial charge in [-0.15, -0.1) is 0 Å². The molecule has 0 atom stereocenters. The van der Waals surface area contributed by atoms with E-state index in [-0.39, 0.29) is 5.91 Å². The summed E-state index contributed by atoms with van der Waals surface area (Å²) >= 11 is 0. The number of nitrogens with zero attached hydrogens (tertiary/aromatic N) is 1. The largest absolute Gasteiger partial charge is 0.306 e. The van der Waals surface area contributed by atoms with Crippen LogP contribution in [0.25, 0.3) is 0 Å². The van der Waals surface area contributed by atoms with Crippen LogP contribution < -0.4 is 4.90 Å². The van der Waals surface area contributed by atoms with Crippen LogP contribution in [0.3, 0.4) is 0 Å². The SMILES string of the molecule is O=C(C(=O)N(C(=O)C1=CCCCCC1)c1cccc2c1CCCC2)c1ccccc1. The van der Waals surface area contributed by atoms with Crippen LogP contribution >= 0.6 is 0 Å². The van der Waals surface area contributed by atoms with Crippen LogP contribution in [0.1, 0.15) is 66.4 Å². The molecule has 0 spiro atoms. The molecule has 0 fully saturated rings. The van der Waals surface area contributed by atoms with Gasteiger partial charge in [-0.3, -0.25) is 14.4 Å². The van der Waals surface area contributed by atoms with Gasteiger partial charge in [-0.05, 0) is 68.6 Å². The van der Waals surface area contributed by atoms with E-state index >= 15 is 0 Å².